The van der Waals surface area contributed by atoms with Gasteiger partial charge in [-0.3, -0.25) is 8.98 Å². The topological polar surface area (TPSA) is 80.7 Å². The SMILES string of the molecule is Cc1ccc(S(=O)(=O)OCC(=O)CO)c(C)c1. The van der Waals surface area contributed by atoms with Crippen molar-refractivity contribution in [2.24, 2.45) is 0 Å². The summed E-state index contributed by atoms with van der Waals surface area (Å²) >= 11 is 0. The van der Waals surface area contributed by atoms with E-state index in [-0.39, 0.29) is 4.90 Å². The number of aliphatic hydroxyl groups excluding tert-OH is 1. The minimum absolute atomic E-state index is 0.0360. The van der Waals surface area contributed by atoms with Crippen LogP contribution in [-0.2, 0) is 19.1 Å². The molecule has 0 bridgehead atoms. The van der Waals surface area contributed by atoms with Gasteiger partial charge in [0.2, 0.25) is 0 Å². The maximum atomic E-state index is 11.7. The molecule has 0 saturated carbocycles. The molecule has 0 spiro atoms. The van der Waals surface area contributed by atoms with Gasteiger partial charge in [0, 0.05) is 0 Å². The number of carbonyl (C=O) groups is 1. The van der Waals surface area contributed by atoms with Crippen LogP contribution in [-0.4, -0.2) is 32.5 Å². The monoisotopic (exact) mass is 258 g/mol. The predicted molar refractivity (Wildman–Crippen MR) is 61.1 cm³/mol. The van der Waals surface area contributed by atoms with E-state index in [0.717, 1.165) is 5.56 Å². The molecule has 1 rings (SSSR count). The summed E-state index contributed by atoms with van der Waals surface area (Å²) in [5.41, 5.74) is 1.49. The molecule has 0 aliphatic carbocycles. The van der Waals surface area contributed by atoms with E-state index in [9.17, 15) is 13.2 Å². The average molecular weight is 258 g/mol. The number of rotatable bonds is 5. The summed E-state index contributed by atoms with van der Waals surface area (Å²) in [6.45, 7) is 2.12. The largest absolute Gasteiger partial charge is 0.388 e. The molecule has 17 heavy (non-hydrogen) atoms. The summed E-state index contributed by atoms with van der Waals surface area (Å²) in [6.07, 6.45) is 0. The molecule has 1 aromatic carbocycles. The number of hydrogen-bond donors (Lipinski definition) is 1. The Balaban J connectivity index is 2.94. The lowest BCUT2D eigenvalue weighted by Crippen LogP contribution is -2.17. The van der Waals surface area contributed by atoms with Gasteiger partial charge < -0.3 is 5.11 Å². The lowest BCUT2D eigenvalue weighted by Gasteiger charge is -2.07. The number of aryl methyl sites for hydroxylation is 2. The Bertz CT molecular complexity index is 519. The van der Waals surface area contributed by atoms with Crippen molar-refractivity contribution in [2.45, 2.75) is 18.7 Å². The Morgan fingerprint density at radius 1 is 1.35 bits per heavy atom. The molecule has 0 fully saturated rings. The van der Waals surface area contributed by atoms with Crippen LogP contribution >= 0.6 is 0 Å². The number of benzene rings is 1. The summed E-state index contributed by atoms with van der Waals surface area (Å²) in [5.74, 6) is -0.682. The summed E-state index contributed by atoms with van der Waals surface area (Å²) in [6, 6.07) is 4.80. The third-order valence-corrected chi connectivity index (χ3v) is 3.58. The van der Waals surface area contributed by atoms with Crippen LogP contribution in [0, 0.1) is 13.8 Å². The molecule has 0 unspecified atom stereocenters. The molecule has 94 valence electrons. The lowest BCUT2D eigenvalue weighted by molar-refractivity contribution is -0.123. The summed E-state index contributed by atoms with van der Waals surface area (Å²) in [4.78, 5) is 10.8. The summed E-state index contributed by atoms with van der Waals surface area (Å²) in [5, 5.41) is 8.47. The van der Waals surface area contributed by atoms with Gasteiger partial charge in [0.15, 0.2) is 5.78 Å². The fourth-order valence-electron chi connectivity index (χ4n) is 1.33. The van der Waals surface area contributed by atoms with E-state index < -0.39 is 29.1 Å². The van der Waals surface area contributed by atoms with Crippen LogP contribution in [0.5, 0.6) is 0 Å². The van der Waals surface area contributed by atoms with Crippen LogP contribution in [0.4, 0.5) is 0 Å². The minimum atomic E-state index is -3.94. The molecule has 0 saturated heterocycles. The Morgan fingerprint density at radius 3 is 2.53 bits per heavy atom. The maximum Gasteiger partial charge on any atom is 0.297 e. The molecular formula is C11H14O5S. The van der Waals surface area contributed by atoms with Crippen LogP contribution in [0.1, 0.15) is 11.1 Å². The van der Waals surface area contributed by atoms with Crippen molar-refractivity contribution in [1.82, 2.24) is 0 Å². The first-order valence-electron chi connectivity index (χ1n) is 4.96. The number of hydrogen-bond acceptors (Lipinski definition) is 5. The van der Waals surface area contributed by atoms with Crippen molar-refractivity contribution in [1.29, 1.82) is 0 Å². The fourth-order valence-corrected chi connectivity index (χ4v) is 2.43. The van der Waals surface area contributed by atoms with Crippen LogP contribution in [0.25, 0.3) is 0 Å². The molecule has 0 atom stereocenters. The molecule has 0 aliphatic rings. The Morgan fingerprint density at radius 2 is 2.00 bits per heavy atom. The highest BCUT2D eigenvalue weighted by Gasteiger charge is 2.19. The minimum Gasteiger partial charge on any atom is -0.388 e. The standard InChI is InChI=1S/C11H14O5S/c1-8-3-4-11(9(2)5-8)17(14,15)16-7-10(13)6-12/h3-5,12H,6-7H2,1-2H3. The average Bonchev–Trinajstić information content (AvgIpc) is 2.25. The van der Waals surface area contributed by atoms with E-state index >= 15 is 0 Å². The first-order chi connectivity index (χ1) is 7.86. The zero-order valence-electron chi connectivity index (χ0n) is 9.63. The second-order valence-electron chi connectivity index (χ2n) is 3.68. The molecule has 0 aromatic heterocycles. The molecule has 6 heteroatoms. The van der Waals surface area contributed by atoms with Crippen molar-refractivity contribution < 1.29 is 22.5 Å². The molecule has 0 amide bonds. The molecule has 1 aromatic rings. The molecule has 0 heterocycles. The van der Waals surface area contributed by atoms with E-state index in [0.29, 0.717) is 5.56 Å². The number of ketones is 1. The zero-order chi connectivity index (χ0) is 13.1. The van der Waals surface area contributed by atoms with Gasteiger partial charge in [-0.15, -0.1) is 0 Å². The third kappa shape index (κ3) is 3.62. The van der Waals surface area contributed by atoms with E-state index in [1.54, 1.807) is 19.1 Å². The van der Waals surface area contributed by atoms with Crippen molar-refractivity contribution in [3.05, 3.63) is 29.3 Å². The van der Waals surface area contributed by atoms with Crippen molar-refractivity contribution in [3.8, 4) is 0 Å². The number of Topliss-reactive ketones (excluding diaryl/α,β-unsaturated/α-hetero) is 1. The quantitative estimate of drug-likeness (QED) is 0.781. The third-order valence-electron chi connectivity index (χ3n) is 2.15. The number of aliphatic hydroxyl groups is 1. The number of carbonyl (C=O) groups excluding carboxylic acids is 1. The molecular weight excluding hydrogens is 244 g/mol. The predicted octanol–water partition coefficient (Wildman–Crippen LogP) is 0.570. The second kappa shape index (κ2) is 5.39. The zero-order valence-corrected chi connectivity index (χ0v) is 10.5. The van der Waals surface area contributed by atoms with Gasteiger partial charge in [-0.1, -0.05) is 17.7 Å². The highest BCUT2D eigenvalue weighted by molar-refractivity contribution is 7.86. The molecule has 1 N–H and O–H groups in total. The Labute approximate surface area is 100 Å². The lowest BCUT2D eigenvalue weighted by atomic mass is 10.2. The van der Waals surface area contributed by atoms with Gasteiger partial charge in [-0.2, -0.15) is 8.42 Å². The van der Waals surface area contributed by atoms with E-state index in [1.165, 1.54) is 6.07 Å². The highest BCUT2D eigenvalue weighted by Crippen LogP contribution is 2.18. The van der Waals surface area contributed by atoms with Gasteiger partial charge in [-0.05, 0) is 25.5 Å². The van der Waals surface area contributed by atoms with Crippen LogP contribution in [0.15, 0.2) is 23.1 Å². The summed E-state index contributed by atoms with van der Waals surface area (Å²) < 4.78 is 28.0. The Hall–Kier alpha value is -1.24. The van der Waals surface area contributed by atoms with Gasteiger partial charge in [0.05, 0.1) is 4.90 Å². The van der Waals surface area contributed by atoms with E-state index in [2.05, 4.69) is 4.18 Å². The first kappa shape index (κ1) is 13.8. The van der Waals surface area contributed by atoms with Crippen molar-refractivity contribution >= 4 is 15.9 Å². The second-order valence-corrected chi connectivity index (χ2v) is 5.27. The van der Waals surface area contributed by atoms with Gasteiger partial charge in [0.25, 0.3) is 10.1 Å². The van der Waals surface area contributed by atoms with Crippen LogP contribution in [0.2, 0.25) is 0 Å². The van der Waals surface area contributed by atoms with Crippen molar-refractivity contribution in [3.63, 3.8) is 0 Å². The highest BCUT2D eigenvalue weighted by atomic mass is 32.2. The molecule has 0 aliphatic heterocycles. The van der Waals surface area contributed by atoms with Crippen LogP contribution in [0.3, 0.4) is 0 Å². The molecule has 0 radical (unpaired) electrons. The van der Waals surface area contributed by atoms with Gasteiger partial charge in [-0.25, -0.2) is 0 Å². The van der Waals surface area contributed by atoms with E-state index in [4.69, 9.17) is 5.11 Å². The fraction of sp³-hybridized carbons (Fsp3) is 0.364. The summed E-state index contributed by atoms with van der Waals surface area (Å²) in [7, 11) is -3.94. The van der Waals surface area contributed by atoms with Crippen LogP contribution < -0.4 is 0 Å². The van der Waals surface area contributed by atoms with Gasteiger partial charge >= 0.3 is 0 Å². The van der Waals surface area contributed by atoms with Crippen molar-refractivity contribution in [2.75, 3.05) is 13.2 Å². The van der Waals surface area contributed by atoms with Gasteiger partial charge in [0.1, 0.15) is 13.2 Å². The normalized spacial score (nSPS) is 11.5. The maximum absolute atomic E-state index is 11.7. The Kier molecular flexibility index (Phi) is 4.39. The molecule has 5 nitrogen and oxygen atoms in total. The first-order valence-corrected chi connectivity index (χ1v) is 6.37. The smallest absolute Gasteiger partial charge is 0.297 e. The van der Waals surface area contributed by atoms with E-state index in [1.807, 2.05) is 6.92 Å².